The topological polar surface area (TPSA) is 12.0 Å². The molecule has 0 amide bonds. The van der Waals surface area contributed by atoms with Crippen molar-refractivity contribution in [3.63, 3.8) is 0 Å². The van der Waals surface area contributed by atoms with E-state index in [2.05, 4.69) is 27.9 Å². The molecule has 0 atom stereocenters. The van der Waals surface area contributed by atoms with Crippen molar-refractivity contribution in [2.75, 3.05) is 18.0 Å². The average Bonchev–Trinajstić information content (AvgIpc) is 2.10. The normalized spacial score (nSPS) is 10.5. The van der Waals surface area contributed by atoms with Crippen LogP contribution in [0.25, 0.3) is 0 Å². The quantitative estimate of drug-likeness (QED) is 0.388. The first-order valence-electron chi connectivity index (χ1n) is 5.12. The number of rotatable bonds is 9. The minimum atomic E-state index is 1.19. The number of hydrogen-bond donors (Lipinski definition) is 1. The summed E-state index contributed by atoms with van der Waals surface area (Å²) in [7, 11) is 2.03. The summed E-state index contributed by atoms with van der Waals surface area (Å²) in [5.74, 6) is 0. The first-order valence-corrected chi connectivity index (χ1v) is 6.65. The van der Waals surface area contributed by atoms with Gasteiger partial charge in [-0.1, -0.05) is 54.7 Å². The van der Waals surface area contributed by atoms with Gasteiger partial charge in [0.05, 0.1) is 0 Å². The lowest BCUT2D eigenvalue weighted by atomic mass is 10.1. The maximum Gasteiger partial charge on any atom is -0.000473 e. The minimum absolute atomic E-state index is 1.19. The first kappa shape index (κ1) is 12.7. The Morgan fingerprint density at radius 1 is 0.833 bits per heavy atom. The van der Waals surface area contributed by atoms with Crippen LogP contribution in [0.2, 0.25) is 0 Å². The predicted octanol–water partition coefficient (Wildman–Crippen LogP) is 3.37. The van der Waals surface area contributed by atoms with E-state index in [0.717, 1.165) is 0 Å². The zero-order chi connectivity index (χ0) is 9.07. The molecule has 74 valence electrons. The molecule has 0 fully saturated rings. The van der Waals surface area contributed by atoms with Crippen LogP contribution in [0.15, 0.2) is 0 Å². The Hall–Kier alpha value is 0.690. The van der Waals surface area contributed by atoms with E-state index in [9.17, 15) is 0 Å². The smallest absolute Gasteiger partial charge is 0.000473 e. The highest BCUT2D eigenvalue weighted by atomic mass is 127. The van der Waals surface area contributed by atoms with Gasteiger partial charge in [0.15, 0.2) is 0 Å². The predicted molar refractivity (Wildman–Crippen MR) is 65.1 cm³/mol. The molecule has 0 unspecified atom stereocenters. The molecule has 0 aromatic rings. The Kier molecular flexibility index (Phi) is 12.4. The van der Waals surface area contributed by atoms with E-state index in [0.29, 0.717) is 0 Å². The van der Waals surface area contributed by atoms with Crippen molar-refractivity contribution < 1.29 is 0 Å². The van der Waals surface area contributed by atoms with Crippen LogP contribution in [0, 0.1) is 0 Å². The summed E-state index contributed by atoms with van der Waals surface area (Å²) in [6, 6.07) is 0. The maximum absolute atomic E-state index is 3.18. The molecule has 0 heterocycles. The van der Waals surface area contributed by atoms with Crippen molar-refractivity contribution in [3.8, 4) is 0 Å². The first-order chi connectivity index (χ1) is 5.91. The molecule has 0 radical (unpaired) electrons. The van der Waals surface area contributed by atoms with E-state index in [-0.39, 0.29) is 0 Å². The van der Waals surface area contributed by atoms with Crippen LogP contribution < -0.4 is 5.32 Å². The van der Waals surface area contributed by atoms with E-state index < -0.39 is 0 Å². The number of halogens is 1. The van der Waals surface area contributed by atoms with Gasteiger partial charge in [-0.25, -0.2) is 0 Å². The van der Waals surface area contributed by atoms with Crippen LogP contribution in [-0.2, 0) is 0 Å². The molecule has 2 heteroatoms. The van der Waals surface area contributed by atoms with Crippen LogP contribution in [0.4, 0.5) is 0 Å². The standard InChI is InChI=1S/C10H22IN/c1-12-10-8-6-4-2-3-5-7-9-11/h12H,2-10H2,1H3. The molecule has 0 aromatic heterocycles. The molecule has 0 aliphatic carbocycles. The van der Waals surface area contributed by atoms with Gasteiger partial charge in [0, 0.05) is 0 Å². The fraction of sp³-hybridized carbons (Fsp3) is 1.00. The van der Waals surface area contributed by atoms with Gasteiger partial charge in [-0.05, 0) is 30.9 Å². The van der Waals surface area contributed by atoms with E-state index in [1.165, 1.54) is 55.9 Å². The second kappa shape index (κ2) is 11.7. The summed E-state index contributed by atoms with van der Waals surface area (Å²) in [6.07, 6.45) is 9.94. The average molecular weight is 283 g/mol. The number of nitrogens with one attached hydrogen (secondary N) is 1. The Morgan fingerprint density at radius 2 is 1.33 bits per heavy atom. The molecule has 12 heavy (non-hydrogen) atoms. The highest BCUT2D eigenvalue weighted by Gasteiger charge is 1.90. The summed E-state index contributed by atoms with van der Waals surface area (Å²) in [5, 5.41) is 3.18. The lowest BCUT2D eigenvalue weighted by Crippen LogP contribution is -2.06. The van der Waals surface area contributed by atoms with Gasteiger partial charge in [0.2, 0.25) is 0 Å². The third kappa shape index (κ3) is 10.7. The maximum atomic E-state index is 3.18. The van der Waals surface area contributed by atoms with Crippen LogP contribution in [0.1, 0.15) is 44.9 Å². The molecule has 0 aliphatic heterocycles. The molecular weight excluding hydrogens is 261 g/mol. The Bertz CT molecular complexity index is 66.2. The zero-order valence-corrected chi connectivity index (χ0v) is 10.4. The van der Waals surface area contributed by atoms with Gasteiger partial charge < -0.3 is 5.32 Å². The largest absolute Gasteiger partial charge is 0.320 e. The summed E-state index contributed by atoms with van der Waals surface area (Å²) in [6.45, 7) is 1.19. The van der Waals surface area contributed by atoms with Crippen LogP contribution in [0.5, 0.6) is 0 Å². The summed E-state index contributed by atoms with van der Waals surface area (Å²) < 4.78 is 1.33. The van der Waals surface area contributed by atoms with Crippen molar-refractivity contribution in [2.45, 2.75) is 44.9 Å². The highest BCUT2D eigenvalue weighted by Crippen LogP contribution is 2.07. The van der Waals surface area contributed by atoms with Crippen molar-refractivity contribution in [1.29, 1.82) is 0 Å². The molecule has 0 spiro atoms. The molecule has 0 saturated carbocycles. The highest BCUT2D eigenvalue weighted by molar-refractivity contribution is 14.1. The van der Waals surface area contributed by atoms with Crippen LogP contribution in [-0.4, -0.2) is 18.0 Å². The fourth-order valence-electron chi connectivity index (χ4n) is 1.28. The summed E-state index contributed by atoms with van der Waals surface area (Å²) in [5.41, 5.74) is 0. The van der Waals surface area contributed by atoms with Gasteiger partial charge in [0.25, 0.3) is 0 Å². The van der Waals surface area contributed by atoms with Crippen LogP contribution in [0.3, 0.4) is 0 Å². The molecule has 0 saturated heterocycles. The third-order valence-corrected chi connectivity index (χ3v) is 2.82. The number of unbranched alkanes of at least 4 members (excludes halogenated alkanes) is 6. The second-order valence-electron chi connectivity index (χ2n) is 3.27. The van der Waals surface area contributed by atoms with Crippen molar-refractivity contribution in [1.82, 2.24) is 5.32 Å². The lowest BCUT2D eigenvalue weighted by Gasteiger charge is -2.00. The molecule has 0 aliphatic rings. The van der Waals surface area contributed by atoms with Gasteiger partial charge >= 0.3 is 0 Å². The third-order valence-electron chi connectivity index (χ3n) is 2.06. The molecule has 1 nitrogen and oxygen atoms in total. The lowest BCUT2D eigenvalue weighted by molar-refractivity contribution is 0.580. The molecule has 1 N–H and O–H groups in total. The molecule has 0 aromatic carbocycles. The van der Waals surface area contributed by atoms with Crippen molar-refractivity contribution in [3.05, 3.63) is 0 Å². The SMILES string of the molecule is CNCCCCCCCCCI. The van der Waals surface area contributed by atoms with Crippen molar-refractivity contribution in [2.24, 2.45) is 0 Å². The number of alkyl halides is 1. The zero-order valence-electron chi connectivity index (χ0n) is 8.24. The monoisotopic (exact) mass is 283 g/mol. The van der Waals surface area contributed by atoms with Crippen molar-refractivity contribution >= 4 is 22.6 Å². The van der Waals surface area contributed by atoms with E-state index in [1.54, 1.807) is 0 Å². The Balaban J connectivity index is 2.73. The molecule has 0 bridgehead atoms. The van der Waals surface area contributed by atoms with Gasteiger partial charge in [-0.15, -0.1) is 0 Å². The molecular formula is C10H22IN. The second-order valence-corrected chi connectivity index (χ2v) is 4.35. The van der Waals surface area contributed by atoms with E-state index in [1.807, 2.05) is 7.05 Å². The Labute approximate surface area is 90.8 Å². The summed E-state index contributed by atoms with van der Waals surface area (Å²) >= 11 is 2.46. The minimum Gasteiger partial charge on any atom is -0.320 e. The fourth-order valence-corrected chi connectivity index (χ4v) is 1.82. The van der Waals surface area contributed by atoms with E-state index >= 15 is 0 Å². The molecule has 0 rings (SSSR count). The van der Waals surface area contributed by atoms with Gasteiger partial charge in [-0.3, -0.25) is 0 Å². The van der Waals surface area contributed by atoms with Crippen LogP contribution >= 0.6 is 22.6 Å². The summed E-state index contributed by atoms with van der Waals surface area (Å²) in [4.78, 5) is 0. The van der Waals surface area contributed by atoms with Gasteiger partial charge in [0.1, 0.15) is 0 Å². The van der Waals surface area contributed by atoms with Gasteiger partial charge in [-0.2, -0.15) is 0 Å². The number of hydrogen-bond acceptors (Lipinski definition) is 1. The van der Waals surface area contributed by atoms with E-state index in [4.69, 9.17) is 0 Å². The Morgan fingerprint density at radius 3 is 1.83 bits per heavy atom.